The van der Waals surface area contributed by atoms with Crippen LogP contribution in [0.15, 0.2) is 34.9 Å². The second-order valence-corrected chi connectivity index (χ2v) is 5.85. The van der Waals surface area contributed by atoms with Crippen molar-refractivity contribution in [3.05, 3.63) is 42.0 Å². The number of oxazole rings is 1. The Bertz CT molecular complexity index is 661. The monoisotopic (exact) mass is 369 g/mol. The maximum Gasteiger partial charge on any atom is 0.227 e. The second kappa shape index (κ2) is 9.53. The molecule has 2 rings (SSSR count). The van der Waals surface area contributed by atoms with Crippen LogP contribution < -0.4 is 11.1 Å². The van der Waals surface area contributed by atoms with Crippen molar-refractivity contribution in [2.24, 2.45) is 11.1 Å². The highest BCUT2D eigenvalue weighted by molar-refractivity contribution is 5.85. The van der Waals surface area contributed by atoms with Gasteiger partial charge in [0.2, 0.25) is 11.8 Å². The molecule has 25 heavy (non-hydrogen) atoms. The zero-order valence-corrected chi connectivity index (χ0v) is 15.4. The molecule has 1 aromatic heterocycles. The van der Waals surface area contributed by atoms with E-state index in [1.807, 2.05) is 13.8 Å². The highest BCUT2D eigenvalue weighted by Crippen LogP contribution is 2.25. The minimum atomic E-state index is -0.497. The van der Waals surface area contributed by atoms with Crippen molar-refractivity contribution in [1.29, 1.82) is 0 Å². The van der Waals surface area contributed by atoms with Crippen LogP contribution in [0.1, 0.15) is 32.4 Å². The highest BCUT2D eigenvalue weighted by atomic mass is 35.5. The number of nitrogens with one attached hydrogen (secondary N) is 1. The number of hydrogen-bond acceptors (Lipinski definition) is 4. The molecule has 0 bridgehead atoms. The van der Waals surface area contributed by atoms with Crippen LogP contribution in [-0.4, -0.2) is 24.0 Å². The Labute approximate surface area is 153 Å². The molecular weight excluding hydrogens is 345 g/mol. The third kappa shape index (κ3) is 5.03. The molecule has 0 atom stereocenters. The van der Waals surface area contributed by atoms with Gasteiger partial charge in [0.1, 0.15) is 12.1 Å². The van der Waals surface area contributed by atoms with E-state index in [0.29, 0.717) is 43.8 Å². The number of rotatable bonds is 8. The van der Waals surface area contributed by atoms with Gasteiger partial charge in [-0.15, -0.1) is 12.4 Å². The minimum absolute atomic E-state index is 0. The Morgan fingerprint density at radius 3 is 2.48 bits per heavy atom. The van der Waals surface area contributed by atoms with Gasteiger partial charge in [-0.2, -0.15) is 0 Å². The molecule has 0 unspecified atom stereocenters. The van der Waals surface area contributed by atoms with Crippen LogP contribution in [0.5, 0.6) is 0 Å². The van der Waals surface area contributed by atoms with E-state index >= 15 is 0 Å². The van der Waals surface area contributed by atoms with Gasteiger partial charge in [0.05, 0.1) is 11.1 Å². The average Bonchev–Trinajstić information content (AvgIpc) is 3.06. The van der Waals surface area contributed by atoms with Crippen LogP contribution in [0.3, 0.4) is 0 Å². The summed E-state index contributed by atoms with van der Waals surface area (Å²) in [5, 5.41) is 2.93. The van der Waals surface area contributed by atoms with Crippen LogP contribution in [0, 0.1) is 11.2 Å². The van der Waals surface area contributed by atoms with E-state index in [1.165, 1.54) is 12.1 Å². The van der Waals surface area contributed by atoms with E-state index in [9.17, 15) is 9.18 Å². The highest BCUT2D eigenvalue weighted by Gasteiger charge is 2.32. The number of aromatic nitrogens is 1. The molecule has 2 aromatic rings. The lowest BCUT2D eigenvalue weighted by atomic mass is 9.81. The summed E-state index contributed by atoms with van der Waals surface area (Å²) in [6.07, 6.45) is 3.54. The average molecular weight is 370 g/mol. The number of carbonyl (C=O) groups excluding carboxylic acids is 1. The van der Waals surface area contributed by atoms with Crippen molar-refractivity contribution in [2.75, 3.05) is 13.1 Å². The fraction of sp³-hybridized carbons (Fsp3) is 0.444. The van der Waals surface area contributed by atoms with Crippen molar-refractivity contribution in [1.82, 2.24) is 10.3 Å². The van der Waals surface area contributed by atoms with Crippen LogP contribution in [-0.2, 0) is 11.2 Å². The van der Waals surface area contributed by atoms with E-state index in [-0.39, 0.29) is 24.1 Å². The van der Waals surface area contributed by atoms with Crippen LogP contribution >= 0.6 is 12.4 Å². The number of nitrogens with zero attached hydrogens (tertiary/aromatic N) is 1. The second-order valence-electron chi connectivity index (χ2n) is 5.85. The normalized spacial score (nSPS) is 11.0. The molecule has 1 aromatic carbocycles. The van der Waals surface area contributed by atoms with E-state index in [2.05, 4.69) is 10.3 Å². The number of halogens is 2. The Hall–Kier alpha value is -1.92. The standard InChI is InChI=1S/C18H24FN3O2.ClH/c1-3-18(4-2,12-20)17(23)21-10-9-15-11-24-16(22-15)13-5-7-14(19)8-6-13;/h5-8,11H,3-4,9-10,12,20H2,1-2H3,(H,21,23);1H. The molecular formula is C18H25ClFN3O2. The van der Waals surface area contributed by atoms with E-state index in [1.54, 1.807) is 18.4 Å². The molecule has 138 valence electrons. The fourth-order valence-corrected chi connectivity index (χ4v) is 2.59. The number of amides is 1. The topological polar surface area (TPSA) is 81.2 Å². The number of benzene rings is 1. The van der Waals surface area contributed by atoms with Gasteiger partial charge in [0.25, 0.3) is 0 Å². The van der Waals surface area contributed by atoms with Crippen LogP contribution in [0.4, 0.5) is 4.39 Å². The summed E-state index contributed by atoms with van der Waals surface area (Å²) in [5.41, 5.74) is 6.73. The summed E-state index contributed by atoms with van der Waals surface area (Å²) in [5.74, 6) is 0.121. The van der Waals surface area contributed by atoms with Gasteiger partial charge in [-0.25, -0.2) is 9.37 Å². The van der Waals surface area contributed by atoms with Gasteiger partial charge in [-0.1, -0.05) is 13.8 Å². The lowest BCUT2D eigenvalue weighted by Crippen LogP contribution is -2.45. The number of hydrogen-bond donors (Lipinski definition) is 2. The van der Waals surface area contributed by atoms with Gasteiger partial charge < -0.3 is 15.5 Å². The van der Waals surface area contributed by atoms with Gasteiger partial charge >= 0.3 is 0 Å². The smallest absolute Gasteiger partial charge is 0.227 e. The molecule has 1 amide bonds. The molecule has 7 heteroatoms. The SMILES string of the molecule is CCC(CC)(CN)C(=O)NCCc1coc(-c2ccc(F)cc2)n1.Cl. The molecule has 1 heterocycles. The van der Waals surface area contributed by atoms with Gasteiger partial charge in [0, 0.05) is 25.1 Å². The lowest BCUT2D eigenvalue weighted by Gasteiger charge is -2.28. The molecule has 0 saturated heterocycles. The Morgan fingerprint density at radius 1 is 1.28 bits per heavy atom. The molecule has 0 spiro atoms. The fourth-order valence-electron chi connectivity index (χ4n) is 2.59. The summed E-state index contributed by atoms with van der Waals surface area (Å²) in [7, 11) is 0. The van der Waals surface area contributed by atoms with Crippen molar-refractivity contribution in [2.45, 2.75) is 33.1 Å². The zero-order chi connectivity index (χ0) is 17.6. The molecule has 0 radical (unpaired) electrons. The molecule has 3 N–H and O–H groups in total. The minimum Gasteiger partial charge on any atom is -0.444 e. The zero-order valence-electron chi connectivity index (χ0n) is 14.5. The van der Waals surface area contributed by atoms with Crippen molar-refractivity contribution in [3.8, 4) is 11.5 Å². The molecule has 0 aliphatic carbocycles. The van der Waals surface area contributed by atoms with Crippen molar-refractivity contribution >= 4 is 18.3 Å². The summed E-state index contributed by atoms with van der Waals surface area (Å²) in [6.45, 7) is 4.76. The van der Waals surface area contributed by atoms with Gasteiger partial charge in [-0.3, -0.25) is 4.79 Å². The van der Waals surface area contributed by atoms with Crippen molar-refractivity contribution < 1.29 is 13.6 Å². The predicted octanol–water partition coefficient (Wildman–Crippen LogP) is 3.33. The van der Waals surface area contributed by atoms with Gasteiger partial charge in [0.15, 0.2) is 0 Å². The van der Waals surface area contributed by atoms with E-state index < -0.39 is 5.41 Å². The third-order valence-electron chi connectivity index (χ3n) is 4.54. The van der Waals surface area contributed by atoms with Crippen LogP contribution in [0.2, 0.25) is 0 Å². The Balaban J connectivity index is 0.00000312. The first-order valence-electron chi connectivity index (χ1n) is 8.23. The molecule has 5 nitrogen and oxygen atoms in total. The van der Waals surface area contributed by atoms with E-state index in [0.717, 1.165) is 5.69 Å². The summed E-state index contributed by atoms with van der Waals surface area (Å²) >= 11 is 0. The third-order valence-corrected chi connectivity index (χ3v) is 4.54. The first-order chi connectivity index (χ1) is 11.5. The maximum atomic E-state index is 12.9. The van der Waals surface area contributed by atoms with Crippen LogP contribution in [0.25, 0.3) is 11.5 Å². The largest absolute Gasteiger partial charge is 0.444 e. The Morgan fingerprint density at radius 2 is 1.92 bits per heavy atom. The van der Waals surface area contributed by atoms with Gasteiger partial charge in [-0.05, 0) is 37.1 Å². The molecule has 0 aliphatic heterocycles. The molecule has 0 aliphatic rings. The molecule has 0 fully saturated rings. The first-order valence-corrected chi connectivity index (χ1v) is 8.23. The Kier molecular flexibility index (Phi) is 8.06. The quantitative estimate of drug-likeness (QED) is 0.747. The summed E-state index contributed by atoms with van der Waals surface area (Å²) in [4.78, 5) is 16.7. The summed E-state index contributed by atoms with van der Waals surface area (Å²) < 4.78 is 18.3. The van der Waals surface area contributed by atoms with E-state index in [4.69, 9.17) is 10.2 Å². The number of nitrogens with two attached hydrogens (primary N) is 1. The first kappa shape index (κ1) is 21.1. The summed E-state index contributed by atoms with van der Waals surface area (Å²) in [6, 6.07) is 5.96. The van der Waals surface area contributed by atoms with Crippen molar-refractivity contribution in [3.63, 3.8) is 0 Å². The predicted molar refractivity (Wildman–Crippen MR) is 97.9 cm³/mol. The lowest BCUT2D eigenvalue weighted by molar-refractivity contribution is -0.131. The molecule has 0 saturated carbocycles. The number of carbonyl (C=O) groups is 1. The maximum absolute atomic E-state index is 12.9.